The van der Waals surface area contributed by atoms with Crippen LogP contribution < -0.4 is 9.47 Å². The molecular formula is C15H19BrO3. The molecule has 0 aliphatic heterocycles. The summed E-state index contributed by atoms with van der Waals surface area (Å²) in [4.78, 5) is 10.6. The molecule has 19 heavy (non-hydrogen) atoms. The molecule has 1 aliphatic carbocycles. The molecule has 1 aromatic carbocycles. The van der Waals surface area contributed by atoms with Crippen molar-refractivity contribution < 1.29 is 14.3 Å². The number of rotatable bonds is 7. The molecule has 0 radical (unpaired) electrons. The van der Waals surface area contributed by atoms with Crippen LogP contribution in [0.4, 0.5) is 0 Å². The number of aldehydes is 1. The summed E-state index contributed by atoms with van der Waals surface area (Å²) in [5.41, 5.74) is 1.07. The van der Waals surface area contributed by atoms with Crippen LogP contribution in [0.1, 0.15) is 37.7 Å². The lowest BCUT2D eigenvalue weighted by Crippen LogP contribution is -2.03. The maximum Gasteiger partial charge on any atom is 0.162 e. The van der Waals surface area contributed by atoms with Gasteiger partial charge in [-0.05, 0) is 42.4 Å². The fraction of sp³-hybridized carbons (Fsp3) is 0.533. The zero-order chi connectivity index (χ0) is 13.8. The second kappa shape index (κ2) is 6.42. The average Bonchev–Trinajstić information content (AvgIpc) is 3.20. The van der Waals surface area contributed by atoms with Crippen molar-refractivity contribution in [3.8, 4) is 11.5 Å². The van der Waals surface area contributed by atoms with E-state index < -0.39 is 0 Å². The average molecular weight is 327 g/mol. The number of benzene rings is 1. The fourth-order valence-electron chi connectivity index (χ4n) is 1.96. The van der Waals surface area contributed by atoms with Gasteiger partial charge in [0.15, 0.2) is 11.5 Å². The molecule has 0 saturated heterocycles. The van der Waals surface area contributed by atoms with E-state index in [1.807, 2.05) is 19.1 Å². The van der Waals surface area contributed by atoms with Crippen LogP contribution in [0.2, 0.25) is 0 Å². The van der Waals surface area contributed by atoms with Gasteiger partial charge in [0.05, 0.1) is 13.7 Å². The minimum atomic E-state index is 0.165. The smallest absolute Gasteiger partial charge is 0.162 e. The molecule has 3 nitrogen and oxygen atoms in total. The topological polar surface area (TPSA) is 35.5 Å². The van der Waals surface area contributed by atoms with Crippen molar-refractivity contribution in [2.75, 3.05) is 13.7 Å². The first-order chi connectivity index (χ1) is 9.15. The number of methoxy groups -OCH3 is 1. The van der Waals surface area contributed by atoms with Crippen LogP contribution >= 0.6 is 15.9 Å². The number of hydrogen-bond donors (Lipinski definition) is 0. The Hall–Kier alpha value is -1.03. The second-order valence-electron chi connectivity index (χ2n) is 5.08. The Morgan fingerprint density at radius 2 is 2.16 bits per heavy atom. The molecule has 2 rings (SSSR count). The van der Waals surface area contributed by atoms with Gasteiger partial charge >= 0.3 is 0 Å². The van der Waals surface area contributed by atoms with Crippen LogP contribution in [-0.2, 0) is 4.79 Å². The Morgan fingerprint density at radius 3 is 2.74 bits per heavy atom. The maximum atomic E-state index is 10.6. The van der Waals surface area contributed by atoms with Gasteiger partial charge in [0.25, 0.3) is 0 Å². The summed E-state index contributed by atoms with van der Waals surface area (Å²) in [5.74, 6) is 2.37. The van der Waals surface area contributed by atoms with E-state index in [2.05, 4.69) is 15.9 Å². The number of carbonyl (C=O) groups excluding carboxylic acids is 1. The Labute approximate surface area is 122 Å². The van der Waals surface area contributed by atoms with Crippen molar-refractivity contribution in [1.82, 2.24) is 0 Å². The molecule has 4 heteroatoms. The van der Waals surface area contributed by atoms with Crippen molar-refractivity contribution in [2.24, 2.45) is 5.92 Å². The molecule has 1 aromatic rings. The Morgan fingerprint density at radius 1 is 1.42 bits per heavy atom. The lowest BCUT2D eigenvalue weighted by atomic mass is 9.98. The fourth-order valence-corrected chi connectivity index (χ4v) is 2.68. The number of halogens is 1. The van der Waals surface area contributed by atoms with Gasteiger partial charge in [0.2, 0.25) is 0 Å². The van der Waals surface area contributed by atoms with Gasteiger partial charge in [-0.3, -0.25) is 0 Å². The van der Waals surface area contributed by atoms with E-state index in [1.54, 1.807) is 7.11 Å². The van der Waals surface area contributed by atoms with Gasteiger partial charge in [-0.2, -0.15) is 0 Å². The molecule has 0 amide bonds. The third-order valence-corrected chi connectivity index (χ3v) is 4.12. The van der Waals surface area contributed by atoms with E-state index in [0.29, 0.717) is 12.3 Å². The van der Waals surface area contributed by atoms with Crippen LogP contribution in [0, 0.1) is 5.92 Å². The molecule has 1 atom stereocenters. The third-order valence-electron chi connectivity index (χ3n) is 3.44. The normalized spacial score (nSPS) is 15.9. The highest BCUT2D eigenvalue weighted by molar-refractivity contribution is 9.10. The van der Waals surface area contributed by atoms with Gasteiger partial charge < -0.3 is 14.3 Å². The monoisotopic (exact) mass is 326 g/mol. The van der Waals surface area contributed by atoms with Crippen molar-refractivity contribution in [2.45, 2.75) is 32.1 Å². The molecule has 1 saturated carbocycles. The second-order valence-corrected chi connectivity index (χ2v) is 5.94. The quantitative estimate of drug-likeness (QED) is 0.712. The zero-order valence-electron chi connectivity index (χ0n) is 11.3. The highest BCUT2D eigenvalue weighted by atomic mass is 79.9. The largest absolute Gasteiger partial charge is 0.493 e. The van der Waals surface area contributed by atoms with Gasteiger partial charge in [-0.15, -0.1) is 0 Å². The van der Waals surface area contributed by atoms with Crippen LogP contribution in [0.15, 0.2) is 16.6 Å². The molecule has 1 unspecified atom stereocenters. The van der Waals surface area contributed by atoms with Crippen LogP contribution in [0.25, 0.3) is 0 Å². The highest BCUT2D eigenvalue weighted by Gasteiger charge is 2.23. The number of hydrogen-bond acceptors (Lipinski definition) is 3. The molecule has 0 heterocycles. The standard InChI is InChI=1S/C15H19BrO3/c1-10(5-6-17)12-7-14(18-2)15(8-13(12)16)19-9-11-3-4-11/h6-8,10-11H,3-5,9H2,1-2H3. The van der Waals surface area contributed by atoms with Gasteiger partial charge in [-0.25, -0.2) is 0 Å². The summed E-state index contributed by atoms with van der Waals surface area (Å²) in [6, 6.07) is 3.90. The molecule has 1 aliphatic rings. The first-order valence-electron chi connectivity index (χ1n) is 6.59. The summed E-state index contributed by atoms with van der Waals surface area (Å²) in [5, 5.41) is 0. The Kier molecular flexibility index (Phi) is 4.86. The predicted octanol–water partition coefficient (Wildman–Crippen LogP) is 3.94. The summed E-state index contributed by atoms with van der Waals surface area (Å²) in [6.45, 7) is 2.78. The highest BCUT2D eigenvalue weighted by Crippen LogP contribution is 2.38. The van der Waals surface area contributed by atoms with Gasteiger partial charge in [0, 0.05) is 10.9 Å². The Bertz CT molecular complexity index is 455. The minimum Gasteiger partial charge on any atom is -0.493 e. The molecule has 0 N–H and O–H groups in total. The van der Waals surface area contributed by atoms with Crippen LogP contribution in [0.3, 0.4) is 0 Å². The summed E-state index contributed by atoms with van der Waals surface area (Å²) >= 11 is 3.55. The zero-order valence-corrected chi connectivity index (χ0v) is 12.9. The molecule has 0 aromatic heterocycles. The summed E-state index contributed by atoms with van der Waals surface area (Å²) < 4.78 is 12.2. The van der Waals surface area contributed by atoms with Gasteiger partial charge in [-0.1, -0.05) is 22.9 Å². The SMILES string of the molecule is COc1cc(C(C)CC=O)c(Br)cc1OCC1CC1. The van der Waals surface area contributed by atoms with E-state index in [4.69, 9.17) is 9.47 Å². The minimum absolute atomic E-state index is 0.165. The van der Waals surface area contributed by atoms with Crippen molar-refractivity contribution in [1.29, 1.82) is 0 Å². The van der Waals surface area contributed by atoms with E-state index in [9.17, 15) is 4.79 Å². The summed E-state index contributed by atoms with van der Waals surface area (Å²) in [7, 11) is 1.64. The lowest BCUT2D eigenvalue weighted by Gasteiger charge is -2.16. The molecule has 1 fully saturated rings. The van der Waals surface area contributed by atoms with Crippen molar-refractivity contribution in [3.05, 3.63) is 22.2 Å². The summed E-state index contributed by atoms with van der Waals surface area (Å²) in [6.07, 6.45) is 3.97. The molecular weight excluding hydrogens is 308 g/mol. The molecule has 0 spiro atoms. The molecule has 0 bridgehead atoms. The number of carbonyl (C=O) groups is 1. The first kappa shape index (κ1) is 14.4. The van der Waals surface area contributed by atoms with Gasteiger partial charge in [0.1, 0.15) is 6.29 Å². The maximum absolute atomic E-state index is 10.6. The van der Waals surface area contributed by atoms with E-state index in [-0.39, 0.29) is 5.92 Å². The van der Waals surface area contributed by atoms with Crippen molar-refractivity contribution >= 4 is 22.2 Å². The predicted molar refractivity (Wildman–Crippen MR) is 78.0 cm³/mol. The van der Waals surface area contributed by atoms with E-state index >= 15 is 0 Å². The lowest BCUT2D eigenvalue weighted by molar-refractivity contribution is -0.108. The van der Waals surface area contributed by atoms with E-state index in [1.165, 1.54) is 12.8 Å². The van der Waals surface area contributed by atoms with Crippen molar-refractivity contribution in [3.63, 3.8) is 0 Å². The number of ether oxygens (including phenoxy) is 2. The third kappa shape index (κ3) is 3.72. The van der Waals surface area contributed by atoms with Crippen LogP contribution in [-0.4, -0.2) is 20.0 Å². The molecule has 104 valence electrons. The van der Waals surface area contributed by atoms with Crippen LogP contribution in [0.5, 0.6) is 11.5 Å². The Balaban J connectivity index is 2.19. The van der Waals surface area contributed by atoms with E-state index in [0.717, 1.165) is 34.4 Å². The first-order valence-corrected chi connectivity index (χ1v) is 7.38.